The molecule has 0 aliphatic rings. The predicted octanol–water partition coefficient (Wildman–Crippen LogP) is 4.08. The molecule has 1 atom stereocenters. The van der Waals surface area contributed by atoms with Crippen LogP contribution in [0, 0.1) is 10.1 Å². The fourth-order valence-electron chi connectivity index (χ4n) is 2.36. The van der Waals surface area contributed by atoms with Gasteiger partial charge in [0.05, 0.1) is 10.5 Å². The van der Waals surface area contributed by atoms with E-state index in [9.17, 15) is 19.7 Å². The minimum absolute atomic E-state index is 0.0417. The molecular weight excluding hydrogens is 348 g/mol. The largest absolute Gasteiger partial charge is 0.449 e. The number of esters is 1. The summed E-state index contributed by atoms with van der Waals surface area (Å²) in [5, 5.41) is 13.4. The smallest absolute Gasteiger partial charge is 0.338 e. The normalized spacial score (nSPS) is 12.1. The van der Waals surface area contributed by atoms with Crippen molar-refractivity contribution in [2.45, 2.75) is 39.2 Å². The summed E-state index contributed by atoms with van der Waals surface area (Å²) in [5.41, 5.74) is 1.17. The summed E-state index contributed by atoms with van der Waals surface area (Å²) in [4.78, 5) is 34.9. The van der Waals surface area contributed by atoms with Gasteiger partial charge in [0.1, 0.15) is 5.69 Å². The van der Waals surface area contributed by atoms with Crippen molar-refractivity contribution >= 4 is 23.3 Å². The van der Waals surface area contributed by atoms with Gasteiger partial charge in [0.2, 0.25) is 0 Å². The number of nitro groups is 1. The number of nitro benzene ring substituents is 1. The number of nitrogens with one attached hydrogen (secondary N) is 1. The average Bonchev–Trinajstić information content (AvgIpc) is 2.61. The van der Waals surface area contributed by atoms with Crippen molar-refractivity contribution in [1.29, 1.82) is 0 Å². The topological polar surface area (TPSA) is 98.5 Å². The maximum atomic E-state index is 12.2. The molecule has 0 aromatic heterocycles. The van der Waals surface area contributed by atoms with E-state index in [4.69, 9.17) is 4.74 Å². The first-order valence-electron chi connectivity index (χ1n) is 8.45. The van der Waals surface area contributed by atoms with Crippen molar-refractivity contribution in [3.63, 3.8) is 0 Å². The van der Waals surface area contributed by atoms with E-state index in [-0.39, 0.29) is 16.8 Å². The molecule has 2 rings (SSSR count). The number of nitrogens with zero attached hydrogens (tertiary/aromatic N) is 1. The van der Waals surface area contributed by atoms with E-state index in [0.29, 0.717) is 5.56 Å². The standard InChI is InChI=1S/C20H22N2O5/c1-13(18(23)21-16-7-5-6-8-17(16)22(25)26)27-19(24)14-9-11-15(12-10-14)20(2,3)4/h5-13H,1-4H3,(H,21,23)/t13-/m1/s1. The van der Waals surface area contributed by atoms with Gasteiger partial charge in [-0.3, -0.25) is 14.9 Å². The lowest BCUT2D eigenvalue weighted by Crippen LogP contribution is -2.30. The van der Waals surface area contributed by atoms with Crippen LogP contribution in [-0.4, -0.2) is 22.9 Å². The van der Waals surface area contributed by atoms with Gasteiger partial charge in [-0.1, -0.05) is 45.0 Å². The fraction of sp³-hybridized carbons (Fsp3) is 0.300. The molecule has 2 aromatic rings. The Hall–Kier alpha value is -3.22. The third kappa shape index (κ3) is 5.13. The summed E-state index contributed by atoms with van der Waals surface area (Å²) < 4.78 is 5.18. The summed E-state index contributed by atoms with van der Waals surface area (Å²) in [6.45, 7) is 7.60. The average molecular weight is 370 g/mol. The van der Waals surface area contributed by atoms with Gasteiger partial charge in [0.25, 0.3) is 11.6 Å². The van der Waals surface area contributed by atoms with Gasteiger partial charge >= 0.3 is 5.97 Å². The lowest BCUT2D eigenvalue weighted by Gasteiger charge is -2.19. The Labute approximate surface area is 157 Å². The second-order valence-electron chi connectivity index (χ2n) is 7.14. The number of ether oxygens (including phenoxy) is 1. The van der Waals surface area contributed by atoms with E-state index < -0.39 is 22.9 Å². The van der Waals surface area contributed by atoms with Gasteiger partial charge in [-0.05, 0) is 36.1 Å². The van der Waals surface area contributed by atoms with E-state index in [1.165, 1.54) is 25.1 Å². The van der Waals surface area contributed by atoms with Crippen molar-refractivity contribution in [1.82, 2.24) is 0 Å². The van der Waals surface area contributed by atoms with Crippen LogP contribution in [0.5, 0.6) is 0 Å². The maximum absolute atomic E-state index is 12.2. The zero-order valence-electron chi connectivity index (χ0n) is 15.7. The highest BCUT2D eigenvalue weighted by Crippen LogP contribution is 2.24. The van der Waals surface area contributed by atoms with Crippen LogP contribution in [0.1, 0.15) is 43.6 Å². The van der Waals surface area contributed by atoms with E-state index in [1.807, 2.05) is 12.1 Å². The molecule has 0 spiro atoms. The second kappa shape index (κ2) is 7.99. The molecule has 0 radical (unpaired) electrons. The number of anilines is 1. The molecule has 0 heterocycles. The molecule has 2 aromatic carbocycles. The molecule has 0 aliphatic carbocycles. The molecule has 1 N–H and O–H groups in total. The van der Waals surface area contributed by atoms with E-state index in [1.54, 1.807) is 18.2 Å². The number of rotatable bonds is 5. The number of benzene rings is 2. The molecule has 7 nitrogen and oxygen atoms in total. The van der Waals surface area contributed by atoms with Gasteiger partial charge in [0, 0.05) is 6.07 Å². The van der Waals surface area contributed by atoms with Gasteiger partial charge < -0.3 is 10.1 Å². The second-order valence-corrected chi connectivity index (χ2v) is 7.14. The zero-order chi connectivity index (χ0) is 20.2. The minimum Gasteiger partial charge on any atom is -0.449 e. The van der Waals surface area contributed by atoms with Crippen molar-refractivity contribution in [2.24, 2.45) is 0 Å². The van der Waals surface area contributed by atoms with Crippen LogP contribution >= 0.6 is 0 Å². The first kappa shape index (κ1) is 20.1. The SMILES string of the molecule is C[C@@H](OC(=O)c1ccc(C(C)(C)C)cc1)C(=O)Nc1ccccc1[N+](=O)[O-]. The van der Waals surface area contributed by atoms with Crippen molar-refractivity contribution < 1.29 is 19.2 Å². The number of carbonyl (C=O) groups excluding carboxylic acids is 2. The summed E-state index contributed by atoms with van der Waals surface area (Å²) in [7, 11) is 0. The van der Waals surface area contributed by atoms with Crippen LogP contribution in [0.25, 0.3) is 0 Å². The summed E-state index contributed by atoms with van der Waals surface area (Å²) >= 11 is 0. The van der Waals surface area contributed by atoms with Crippen LogP contribution in [0.3, 0.4) is 0 Å². The van der Waals surface area contributed by atoms with E-state index in [0.717, 1.165) is 5.56 Å². The highest BCUT2D eigenvalue weighted by Gasteiger charge is 2.22. The van der Waals surface area contributed by atoms with Gasteiger partial charge in [0.15, 0.2) is 6.10 Å². The molecule has 0 saturated carbocycles. The molecule has 27 heavy (non-hydrogen) atoms. The first-order valence-corrected chi connectivity index (χ1v) is 8.45. The zero-order valence-corrected chi connectivity index (χ0v) is 15.7. The third-order valence-corrected chi connectivity index (χ3v) is 4.00. The van der Waals surface area contributed by atoms with Crippen molar-refractivity contribution in [3.8, 4) is 0 Å². The monoisotopic (exact) mass is 370 g/mol. The molecular formula is C20H22N2O5. The minimum atomic E-state index is -1.11. The van der Waals surface area contributed by atoms with Crippen LogP contribution in [0.2, 0.25) is 0 Å². The van der Waals surface area contributed by atoms with Crippen LogP contribution in [-0.2, 0) is 14.9 Å². The first-order chi connectivity index (χ1) is 12.6. The number of hydrogen-bond acceptors (Lipinski definition) is 5. The van der Waals surface area contributed by atoms with E-state index in [2.05, 4.69) is 26.1 Å². The molecule has 142 valence electrons. The third-order valence-electron chi connectivity index (χ3n) is 4.00. The predicted molar refractivity (Wildman–Crippen MR) is 102 cm³/mol. The van der Waals surface area contributed by atoms with Gasteiger partial charge in [-0.25, -0.2) is 4.79 Å². The lowest BCUT2D eigenvalue weighted by molar-refractivity contribution is -0.383. The molecule has 0 saturated heterocycles. The highest BCUT2D eigenvalue weighted by molar-refractivity contribution is 5.98. The molecule has 0 fully saturated rings. The lowest BCUT2D eigenvalue weighted by atomic mass is 9.87. The van der Waals surface area contributed by atoms with Crippen molar-refractivity contribution in [2.75, 3.05) is 5.32 Å². The molecule has 0 unspecified atom stereocenters. The highest BCUT2D eigenvalue weighted by atomic mass is 16.6. The Balaban J connectivity index is 2.04. The molecule has 0 bridgehead atoms. The quantitative estimate of drug-likeness (QED) is 0.486. The van der Waals surface area contributed by atoms with E-state index >= 15 is 0 Å². The number of carbonyl (C=O) groups is 2. The maximum Gasteiger partial charge on any atom is 0.338 e. The Kier molecular flexibility index (Phi) is 5.95. The van der Waals surface area contributed by atoms with Crippen LogP contribution in [0.4, 0.5) is 11.4 Å². The Morgan fingerprint density at radius 1 is 1.07 bits per heavy atom. The summed E-state index contributed by atoms with van der Waals surface area (Å²) in [6, 6.07) is 12.7. The van der Waals surface area contributed by atoms with Gasteiger partial charge in [-0.2, -0.15) is 0 Å². The molecule has 0 aliphatic heterocycles. The number of para-hydroxylation sites is 2. The summed E-state index contributed by atoms with van der Waals surface area (Å²) in [6.07, 6.45) is -1.11. The summed E-state index contributed by atoms with van der Waals surface area (Å²) in [5.74, 6) is -1.29. The number of hydrogen-bond donors (Lipinski definition) is 1. The Morgan fingerprint density at radius 2 is 1.67 bits per heavy atom. The van der Waals surface area contributed by atoms with Crippen LogP contribution in [0.15, 0.2) is 48.5 Å². The molecule has 7 heteroatoms. The van der Waals surface area contributed by atoms with Gasteiger partial charge in [-0.15, -0.1) is 0 Å². The molecule has 1 amide bonds. The van der Waals surface area contributed by atoms with Crippen LogP contribution < -0.4 is 5.32 Å². The Morgan fingerprint density at radius 3 is 2.22 bits per heavy atom. The Bertz CT molecular complexity index is 853. The fourth-order valence-corrected chi connectivity index (χ4v) is 2.36. The van der Waals surface area contributed by atoms with Crippen molar-refractivity contribution in [3.05, 3.63) is 69.8 Å². The number of amides is 1.